The number of rotatable bonds is 5. The highest BCUT2D eigenvalue weighted by atomic mass is 32.2. The maximum atomic E-state index is 11.8. The first kappa shape index (κ1) is 15.1. The number of H-pyrrole nitrogens is 1. The van der Waals surface area contributed by atoms with E-state index in [0.29, 0.717) is 5.82 Å². The minimum absolute atomic E-state index is 0.0794. The minimum Gasteiger partial charge on any atom is -0.332 e. The highest BCUT2D eigenvalue weighted by Gasteiger charge is 2.32. The third-order valence-electron chi connectivity index (χ3n) is 2.66. The lowest BCUT2D eigenvalue weighted by Gasteiger charge is -2.22. The number of sulfonamides is 1. The fraction of sp³-hybridized carbons (Fsp3) is 0.667. The number of hydrogen-bond donors (Lipinski definition) is 2. The molecule has 0 spiro atoms. The van der Waals surface area contributed by atoms with Crippen LogP contribution in [0.15, 0.2) is 11.2 Å². The average molecular weight is 295 g/mol. The van der Waals surface area contributed by atoms with E-state index in [-0.39, 0.29) is 11.6 Å². The molecule has 0 radical (unpaired) electrons. The van der Waals surface area contributed by atoms with Gasteiger partial charge in [-0.2, -0.15) is 0 Å². The van der Waals surface area contributed by atoms with Crippen LogP contribution in [0.2, 0.25) is 0 Å². The maximum Gasteiger partial charge on any atom is 0.257 e. The van der Waals surface area contributed by atoms with Crippen LogP contribution in [-0.2, 0) is 19.9 Å². The van der Waals surface area contributed by atoms with Crippen LogP contribution in [0.5, 0.6) is 0 Å². The van der Waals surface area contributed by atoms with Gasteiger partial charge in [-0.1, -0.05) is 0 Å². The lowest BCUT2D eigenvalue weighted by molar-refractivity contribution is 0.536. The molecular weight excluding hydrogens is 278 g/mol. The molecular formula is C9H17N3O4S2. The summed E-state index contributed by atoms with van der Waals surface area (Å²) in [5.74, 6) is 0.470. The van der Waals surface area contributed by atoms with E-state index in [9.17, 15) is 16.8 Å². The number of imidazole rings is 1. The van der Waals surface area contributed by atoms with Gasteiger partial charge in [0.1, 0.15) is 5.82 Å². The van der Waals surface area contributed by atoms with Crippen LogP contribution in [0.1, 0.15) is 19.7 Å². The summed E-state index contributed by atoms with van der Waals surface area (Å²) in [6.45, 7) is 4.35. The van der Waals surface area contributed by atoms with Crippen LogP contribution in [0.25, 0.3) is 0 Å². The van der Waals surface area contributed by atoms with Crippen molar-refractivity contribution in [1.82, 2.24) is 14.7 Å². The second kappa shape index (κ2) is 4.63. The smallest absolute Gasteiger partial charge is 0.257 e. The predicted molar refractivity (Wildman–Crippen MR) is 67.4 cm³/mol. The molecule has 0 aromatic carbocycles. The van der Waals surface area contributed by atoms with Crippen molar-refractivity contribution in [1.29, 1.82) is 0 Å². The van der Waals surface area contributed by atoms with Crippen molar-refractivity contribution in [2.75, 3.05) is 12.8 Å². The number of aromatic amines is 1. The first-order chi connectivity index (χ1) is 7.96. The first-order valence-electron chi connectivity index (χ1n) is 5.16. The van der Waals surface area contributed by atoms with Crippen LogP contribution in [0, 0.1) is 6.92 Å². The summed E-state index contributed by atoms with van der Waals surface area (Å²) in [7, 11) is -7.12. The Morgan fingerprint density at radius 2 is 1.89 bits per heavy atom. The summed E-state index contributed by atoms with van der Waals surface area (Å²) >= 11 is 0. The second-order valence-electron chi connectivity index (χ2n) is 4.69. The van der Waals surface area contributed by atoms with Gasteiger partial charge in [0.05, 0.1) is 10.9 Å². The Hall–Kier alpha value is -0.930. The minimum atomic E-state index is -3.77. The van der Waals surface area contributed by atoms with Crippen LogP contribution in [0.3, 0.4) is 0 Å². The first-order valence-corrected chi connectivity index (χ1v) is 8.54. The third kappa shape index (κ3) is 3.30. The summed E-state index contributed by atoms with van der Waals surface area (Å²) in [6, 6.07) is 0. The second-order valence-corrected chi connectivity index (χ2v) is 9.07. The number of nitrogens with one attached hydrogen (secondary N) is 2. The standard InChI is InChI=1S/C9H17N3O4S2/c1-7-10-5-8(12-7)18(15,16)11-6-9(2,3)17(4,13)14/h5,11H,6H2,1-4H3,(H,10,12). The molecule has 0 bridgehead atoms. The molecule has 2 N–H and O–H groups in total. The number of hydrogen-bond acceptors (Lipinski definition) is 5. The van der Waals surface area contributed by atoms with E-state index >= 15 is 0 Å². The number of aromatic nitrogens is 2. The van der Waals surface area contributed by atoms with Crippen molar-refractivity contribution in [2.24, 2.45) is 0 Å². The fourth-order valence-electron chi connectivity index (χ4n) is 1.01. The van der Waals surface area contributed by atoms with Gasteiger partial charge in [-0.3, -0.25) is 0 Å². The topological polar surface area (TPSA) is 109 Å². The summed E-state index contributed by atoms with van der Waals surface area (Å²) in [4.78, 5) is 6.36. The summed E-state index contributed by atoms with van der Waals surface area (Å²) in [6.07, 6.45) is 2.26. The molecule has 0 saturated carbocycles. The molecule has 0 aliphatic carbocycles. The van der Waals surface area contributed by atoms with E-state index < -0.39 is 24.6 Å². The van der Waals surface area contributed by atoms with Gasteiger partial charge in [0.25, 0.3) is 10.0 Å². The van der Waals surface area contributed by atoms with Crippen LogP contribution in [-0.4, -0.2) is 44.4 Å². The number of sulfone groups is 1. The van der Waals surface area contributed by atoms with Crippen molar-refractivity contribution >= 4 is 19.9 Å². The molecule has 1 heterocycles. The van der Waals surface area contributed by atoms with Gasteiger partial charge in [-0.05, 0) is 20.8 Å². The van der Waals surface area contributed by atoms with Crippen molar-refractivity contribution in [3.63, 3.8) is 0 Å². The summed E-state index contributed by atoms with van der Waals surface area (Å²) in [5, 5.41) is -0.0794. The van der Waals surface area contributed by atoms with Gasteiger partial charge >= 0.3 is 0 Å². The molecule has 1 aromatic rings. The lowest BCUT2D eigenvalue weighted by atomic mass is 10.2. The van der Waals surface area contributed by atoms with E-state index in [4.69, 9.17) is 0 Å². The summed E-state index contributed by atoms with van der Waals surface area (Å²) < 4.78 is 47.7. The summed E-state index contributed by atoms with van der Waals surface area (Å²) in [5.41, 5.74) is 0. The Labute approximate surface area is 107 Å². The molecule has 0 aliphatic heterocycles. The molecule has 0 fully saturated rings. The highest BCUT2D eigenvalue weighted by molar-refractivity contribution is 7.92. The molecule has 0 aliphatic rings. The Bertz CT molecular complexity index is 629. The van der Waals surface area contributed by atoms with Crippen molar-refractivity contribution in [3.8, 4) is 0 Å². The van der Waals surface area contributed by atoms with Gasteiger partial charge in [-0.15, -0.1) is 0 Å². The molecule has 0 amide bonds. The lowest BCUT2D eigenvalue weighted by Crippen LogP contribution is -2.43. The Kier molecular flexibility index (Phi) is 3.89. The maximum absolute atomic E-state index is 11.8. The van der Waals surface area contributed by atoms with Crippen LogP contribution < -0.4 is 4.72 Å². The molecule has 9 heteroatoms. The quantitative estimate of drug-likeness (QED) is 0.783. The SMILES string of the molecule is Cc1ncc(S(=O)(=O)NCC(C)(C)S(C)(=O)=O)[nH]1. The molecule has 104 valence electrons. The van der Waals surface area contributed by atoms with E-state index in [0.717, 1.165) is 6.26 Å². The van der Waals surface area contributed by atoms with Gasteiger partial charge in [0.2, 0.25) is 0 Å². The molecule has 7 nitrogen and oxygen atoms in total. The highest BCUT2D eigenvalue weighted by Crippen LogP contribution is 2.15. The predicted octanol–water partition coefficient (Wildman–Crippen LogP) is -0.180. The molecule has 0 atom stereocenters. The Morgan fingerprint density at radius 1 is 1.33 bits per heavy atom. The molecule has 18 heavy (non-hydrogen) atoms. The number of aryl methyl sites for hydroxylation is 1. The van der Waals surface area contributed by atoms with E-state index in [1.165, 1.54) is 20.0 Å². The Balaban J connectivity index is 2.87. The fourth-order valence-corrected chi connectivity index (χ4v) is 2.62. The zero-order valence-electron chi connectivity index (χ0n) is 10.7. The van der Waals surface area contributed by atoms with Gasteiger partial charge in [-0.25, -0.2) is 26.5 Å². The largest absolute Gasteiger partial charge is 0.332 e. The van der Waals surface area contributed by atoms with Crippen LogP contribution >= 0.6 is 0 Å². The van der Waals surface area contributed by atoms with Gasteiger partial charge < -0.3 is 4.98 Å². The van der Waals surface area contributed by atoms with Crippen molar-refractivity contribution < 1.29 is 16.8 Å². The van der Waals surface area contributed by atoms with Gasteiger partial charge in [0, 0.05) is 12.8 Å². The average Bonchev–Trinajstić information content (AvgIpc) is 2.61. The Morgan fingerprint density at radius 3 is 2.28 bits per heavy atom. The van der Waals surface area contributed by atoms with Crippen molar-refractivity contribution in [2.45, 2.75) is 30.5 Å². The molecule has 1 aromatic heterocycles. The van der Waals surface area contributed by atoms with Gasteiger partial charge in [0.15, 0.2) is 14.9 Å². The molecule has 0 saturated heterocycles. The van der Waals surface area contributed by atoms with E-state index in [2.05, 4.69) is 14.7 Å². The normalized spacial score (nSPS) is 13.8. The molecule has 1 rings (SSSR count). The van der Waals surface area contributed by atoms with Crippen LogP contribution in [0.4, 0.5) is 0 Å². The monoisotopic (exact) mass is 295 g/mol. The zero-order valence-corrected chi connectivity index (χ0v) is 12.3. The zero-order chi connectivity index (χ0) is 14.2. The van der Waals surface area contributed by atoms with E-state index in [1.807, 2.05) is 0 Å². The van der Waals surface area contributed by atoms with Crippen molar-refractivity contribution in [3.05, 3.63) is 12.0 Å². The third-order valence-corrected chi connectivity index (χ3v) is 6.12. The molecule has 0 unspecified atom stereocenters. The number of nitrogens with zero attached hydrogens (tertiary/aromatic N) is 1. The van der Waals surface area contributed by atoms with E-state index in [1.54, 1.807) is 6.92 Å².